The molecule has 1 aromatic rings. The second kappa shape index (κ2) is 10.2. The Hall–Kier alpha value is -2.44. The molecule has 7 heteroatoms. The summed E-state index contributed by atoms with van der Waals surface area (Å²) in [6, 6.07) is 5.22. The molecule has 1 aromatic carbocycles. The Morgan fingerprint density at radius 3 is 2.39 bits per heavy atom. The Bertz CT molecular complexity index is 669. The van der Waals surface area contributed by atoms with E-state index < -0.39 is 5.97 Å². The number of aliphatic carboxylic acids is 1. The highest BCUT2D eigenvalue weighted by Crippen LogP contribution is 2.31. The first kappa shape index (κ1) is 21.9. The van der Waals surface area contributed by atoms with Crippen molar-refractivity contribution < 1.29 is 24.2 Å². The monoisotopic (exact) mass is 392 g/mol. The highest BCUT2D eigenvalue weighted by Gasteiger charge is 2.27. The van der Waals surface area contributed by atoms with Gasteiger partial charge in [0.1, 0.15) is 0 Å². The first-order chi connectivity index (χ1) is 13.3. The molecule has 3 N–H and O–H groups in total. The minimum atomic E-state index is -0.744. The smallest absolute Gasteiger partial charge is 0.315 e. The largest absolute Gasteiger partial charge is 0.493 e. The van der Waals surface area contributed by atoms with Gasteiger partial charge in [-0.1, -0.05) is 19.9 Å². The van der Waals surface area contributed by atoms with Gasteiger partial charge in [0.2, 0.25) is 0 Å². The molecular formula is C21H32N2O5. The maximum Gasteiger partial charge on any atom is 0.315 e. The van der Waals surface area contributed by atoms with Crippen molar-refractivity contribution in [3.05, 3.63) is 23.8 Å². The standard InChI is InChI=1S/C21H32N2O5/c1-13(2)12-28-18-10-7-16(11-19(18)27-4)14(3)22-21(26)23-17-8-5-15(6-9-17)20(24)25/h7,10-11,13-15,17H,5-6,8-9,12H2,1-4H3,(H,24,25)(H2,22,23,26). The number of carboxylic acid groups (broad SMARTS) is 1. The van der Waals surface area contributed by atoms with E-state index in [4.69, 9.17) is 14.6 Å². The molecule has 0 saturated heterocycles. The number of amides is 2. The highest BCUT2D eigenvalue weighted by molar-refractivity contribution is 5.75. The molecule has 0 bridgehead atoms. The zero-order chi connectivity index (χ0) is 20.7. The molecule has 0 aromatic heterocycles. The van der Waals surface area contributed by atoms with E-state index in [1.807, 2.05) is 25.1 Å². The fourth-order valence-electron chi connectivity index (χ4n) is 3.32. The summed E-state index contributed by atoms with van der Waals surface area (Å²) in [5.41, 5.74) is 0.915. The molecule has 0 aliphatic heterocycles. The lowest BCUT2D eigenvalue weighted by atomic mass is 9.86. The number of carboxylic acids is 1. The van der Waals surface area contributed by atoms with Crippen LogP contribution < -0.4 is 20.1 Å². The molecular weight excluding hydrogens is 360 g/mol. The van der Waals surface area contributed by atoms with Gasteiger partial charge in [0, 0.05) is 6.04 Å². The quantitative estimate of drug-likeness (QED) is 0.626. The van der Waals surface area contributed by atoms with E-state index >= 15 is 0 Å². The van der Waals surface area contributed by atoms with Gasteiger partial charge in [-0.2, -0.15) is 0 Å². The summed E-state index contributed by atoms with van der Waals surface area (Å²) >= 11 is 0. The van der Waals surface area contributed by atoms with Crippen molar-refractivity contribution in [3.63, 3.8) is 0 Å². The summed E-state index contributed by atoms with van der Waals surface area (Å²) in [6.07, 6.45) is 2.58. The van der Waals surface area contributed by atoms with Crippen LogP contribution in [0, 0.1) is 11.8 Å². The minimum Gasteiger partial charge on any atom is -0.493 e. The maximum atomic E-state index is 12.3. The van der Waals surface area contributed by atoms with Gasteiger partial charge in [-0.15, -0.1) is 0 Å². The van der Waals surface area contributed by atoms with E-state index in [2.05, 4.69) is 24.5 Å². The van der Waals surface area contributed by atoms with E-state index in [9.17, 15) is 9.59 Å². The molecule has 2 rings (SSSR count). The van der Waals surface area contributed by atoms with Gasteiger partial charge < -0.3 is 25.2 Å². The molecule has 0 spiro atoms. The van der Waals surface area contributed by atoms with Crippen molar-refractivity contribution in [2.24, 2.45) is 11.8 Å². The second-order valence-electron chi connectivity index (χ2n) is 7.84. The van der Waals surface area contributed by atoms with Crippen molar-refractivity contribution >= 4 is 12.0 Å². The lowest BCUT2D eigenvalue weighted by Gasteiger charge is -2.27. The molecule has 1 atom stereocenters. The van der Waals surface area contributed by atoms with Gasteiger partial charge in [-0.25, -0.2) is 4.79 Å². The van der Waals surface area contributed by atoms with Crippen molar-refractivity contribution in [2.45, 2.75) is 58.5 Å². The summed E-state index contributed by atoms with van der Waals surface area (Å²) < 4.78 is 11.2. The summed E-state index contributed by atoms with van der Waals surface area (Å²) in [6.45, 7) is 6.68. The van der Waals surface area contributed by atoms with Gasteiger partial charge in [0.05, 0.1) is 25.7 Å². The third-order valence-electron chi connectivity index (χ3n) is 5.02. The number of ether oxygens (including phenoxy) is 2. The third-order valence-corrected chi connectivity index (χ3v) is 5.02. The molecule has 1 fully saturated rings. The molecule has 0 heterocycles. The van der Waals surface area contributed by atoms with Gasteiger partial charge >= 0.3 is 12.0 Å². The van der Waals surface area contributed by atoms with Crippen LogP contribution >= 0.6 is 0 Å². The van der Waals surface area contributed by atoms with Crippen LogP contribution in [0.25, 0.3) is 0 Å². The number of rotatable bonds is 8. The summed E-state index contributed by atoms with van der Waals surface area (Å²) in [7, 11) is 1.60. The molecule has 28 heavy (non-hydrogen) atoms. The SMILES string of the molecule is COc1cc(C(C)NC(=O)NC2CCC(C(=O)O)CC2)ccc1OCC(C)C. The number of benzene rings is 1. The average Bonchev–Trinajstić information content (AvgIpc) is 2.66. The first-order valence-electron chi connectivity index (χ1n) is 9.90. The number of carbonyl (C=O) groups is 2. The number of nitrogens with one attached hydrogen (secondary N) is 2. The van der Waals surface area contributed by atoms with Gasteiger partial charge in [-0.05, 0) is 56.2 Å². The number of methoxy groups -OCH3 is 1. The summed E-state index contributed by atoms with van der Waals surface area (Å²) in [5.74, 6) is 0.709. The predicted octanol–water partition coefficient (Wildman–Crippen LogP) is 3.73. The Kier molecular flexibility index (Phi) is 7.96. The van der Waals surface area contributed by atoms with Gasteiger partial charge in [0.15, 0.2) is 11.5 Å². The third kappa shape index (κ3) is 6.32. The van der Waals surface area contributed by atoms with Crippen molar-refractivity contribution in [2.75, 3.05) is 13.7 Å². The van der Waals surface area contributed by atoms with Crippen molar-refractivity contribution in [1.82, 2.24) is 10.6 Å². The molecule has 1 unspecified atom stereocenters. The Morgan fingerprint density at radius 2 is 1.82 bits per heavy atom. The molecule has 7 nitrogen and oxygen atoms in total. The van der Waals surface area contributed by atoms with Crippen molar-refractivity contribution in [1.29, 1.82) is 0 Å². The van der Waals surface area contributed by atoms with E-state index in [1.165, 1.54) is 0 Å². The first-order valence-corrected chi connectivity index (χ1v) is 9.90. The van der Waals surface area contributed by atoms with Crippen LogP contribution in [0.3, 0.4) is 0 Å². The number of urea groups is 1. The predicted molar refractivity (Wildman–Crippen MR) is 107 cm³/mol. The maximum absolute atomic E-state index is 12.3. The highest BCUT2D eigenvalue weighted by atomic mass is 16.5. The zero-order valence-corrected chi connectivity index (χ0v) is 17.2. The number of hydrogen-bond acceptors (Lipinski definition) is 4. The van der Waals surface area contributed by atoms with E-state index in [0.29, 0.717) is 49.7 Å². The topological polar surface area (TPSA) is 96.9 Å². The fourth-order valence-corrected chi connectivity index (χ4v) is 3.32. The summed E-state index contributed by atoms with van der Waals surface area (Å²) in [4.78, 5) is 23.3. The molecule has 0 radical (unpaired) electrons. The van der Waals surface area contributed by atoms with Crippen LogP contribution in [0.4, 0.5) is 4.79 Å². The van der Waals surface area contributed by atoms with E-state index in [1.54, 1.807) is 7.11 Å². The number of carbonyl (C=O) groups excluding carboxylic acids is 1. The molecule has 1 aliphatic carbocycles. The Morgan fingerprint density at radius 1 is 1.14 bits per heavy atom. The molecule has 156 valence electrons. The second-order valence-corrected chi connectivity index (χ2v) is 7.84. The molecule has 1 saturated carbocycles. The summed E-state index contributed by atoms with van der Waals surface area (Å²) in [5, 5.41) is 14.9. The van der Waals surface area contributed by atoms with Crippen LogP contribution in [0.1, 0.15) is 58.1 Å². The van der Waals surface area contributed by atoms with E-state index in [-0.39, 0.29) is 24.0 Å². The molecule has 2 amide bonds. The lowest BCUT2D eigenvalue weighted by molar-refractivity contribution is -0.142. The van der Waals surface area contributed by atoms with Gasteiger partial charge in [0.25, 0.3) is 0 Å². The van der Waals surface area contributed by atoms with E-state index in [0.717, 1.165) is 5.56 Å². The zero-order valence-electron chi connectivity index (χ0n) is 17.2. The van der Waals surface area contributed by atoms with Crippen LogP contribution in [-0.4, -0.2) is 36.9 Å². The Balaban J connectivity index is 1.88. The van der Waals surface area contributed by atoms with Crippen LogP contribution in [0.2, 0.25) is 0 Å². The molecule has 1 aliphatic rings. The normalized spacial score (nSPS) is 20.3. The van der Waals surface area contributed by atoms with Crippen molar-refractivity contribution in [3.8, 4) is 11.5 Å². The lowest BCUT2D eigenvalue weighted by Crippen LogP contribution is -2.44. The van der Waals surface area contributed by atoms with Gasteiger partial charge in [-0.3, -0.25) is 4.79 Å². The van der Waals surface area contributed by atoms with Crippen LogP contribution in [0.5, 0.6) is 11.5 Å². The van der Waals surface area contributed by atoms with Crippen LogP contribution in [-0.2, 0) is 4.79 Å². The average molecular weight is 392 g/mol. The Labute approximate surface area is 166 Å². The number of hydrogen-bond donors (Lipinski definition) is 3. The fraction of sp³-hybridized carbons (Fsp3) is 0.619. The minimum absolute atomic E-state index is 0.0177. The van der Waals surface area contributed by atoms with Crippen LogP contribution in [0.15, 0.2) is 18.2 Å².